The standard InChI is InChI=1S/C32H25F12NO5/c1-2-3-4-5-18-48-22-12-10-20(11-13-22)19-6-8-21(9-7-19)25(46)49-23-14-16-24(17-15-23)50-26(47)27(33,30(38,39)40)45-31(41,42)28(34,35)29(36,37)32(45,43)44/h6-17H,2-5,18H2,1H3. The van der Waals surface area contributed by atoms with Gasteiger partial charge in [0.15, 0.2) is 0 Å². The Kier molecular flexibility index (Phi) is 10.5. The van der Waals surface area contributed by atoms with E-state index in [-0.39, 0.29) is 11.3 Å². The van der Waals surface area contributed by atoms with Crippen LogP contribution in [-0.2, 0) is 4.79 Å². The highest BCUT2D eigenvalue weighted by Gasteiger charge is 2.98. The van der Waals surface area contributed by atoms with Gasteiger partial charge >= 0.3 is 47.8 Å². The number of esters is 2. The van der Waals surface area contributed by atoms with Gasteiger partial charge in [-0.2, -0.15) is 48.3 Å². The van der Waals surface area contributed by atoms with Crippen molar-refractivity contribution in [2.45, 2.75) is 68.5 Å². The average molecular weight is 732 g/mol. The Hall–Kier alpha value is -4.48. The van der Waals surface area contributed by atoms with Gasteiger partial charge in [0.25, 0.3) is 0 Å². The zero-order chi connectivity index (χ0) is 37.3. The average Bonchev–Trinajstić information content (AvgIpc) is 3.11. The van der Waals surface area contributed by atoms with Gasteiger partial charge in [-0.25, -0.2) is 14.0 Å². The maximum Gasteiger partial charge on any atom is 0.448 e. The summed E-state index contributed by atoms with van der Waals surface area (Å²) in [7, 11) is 0. The lowest BCUT2D eigenvalue weighted by atomic mass is 10.0. The molecule has 0 amide bonds. The van der Waals surface area contributed by atoms with Crippen molar-refractivity contribution in [1.82, 2.24) is 4.90 Å². The van der Waals surface area contributed by atoms with Crippen molar-refractivity contribution in [3.8, 4) is 28.4 Å². The summed E-state index contributed by atoms with van der Waals surface area (Å²) in [4.78, 5) is 21.2. The number of nitrogens with zero attached hydrogens (tertiary/aromatic N) is 1. The highest BCUT2D eigenvalue weighted by atomic mass is 19.4. The van der Waals surface area contributed by atoms with E-state index in [4.69, 9.17) is 9.47 Å². The summed E-state index contributed by atoms with van der Waals surface area (Å²) < 4.78 is 181. The molecule has 4 rings (SSSR count). The van der Waals surface area contributed by atoms with Crippen molar-refractivity contribution in [2.24, 2.45) is 0 Å². The second-order valence-electron chi connectivity index (χ2n) is 10.9. The van der Waals surface area contributed by atoms with Gasteiger partial charge in [0.05, 0.1) is 12.2 Å². The minimum atomic E-state index is -7.27. The number of carbonyl (C=O) groups is 2. The molecule has 0 saturated carbocycles. The molecule has 3 aromatic rings. The normalized spacial score (nSPS) is 19.0. The molecule has 0 spiro atoms. The van der Waals surface area contributed by atoms with Crippen molar-refractivity contribution < 1.29 is 76.5 Å². The van der Waals surface area contributed by atoms with Crippen molar-refractivity contribution in [2.75, 3.05) is 6.61 Å². The number of halogens is 12. The van der Waals surface area contributed by atoms with E-state index < -0.39 is 58.5 Å². The van der Waals surface area contributed by atoms with Crippen LogP contribution in [0, 0.1) is 0 Å². The zero-order valence-electron chi connectivity index (χ0n) is 25.5. The van der Waals surface area contributed by atoms with E-state index in [0.717, 1.165) is 43.4 Å². The fourth-order valence-corrected chi connectivity index (χ4v) is 4.73. The third-order valence-corrected chi connectivity index (χ3v) is 7.49. The molecule has 0 aromatic heterocycles. The van der Waals surface area contributed by atoms with Crippen molar-refractivity contribution in [3.63, 3.8) is 0 Å². The number of unbranched alkanes of at least 4 members (excludes halogenated alkanes) is 3. The summed E-state index contributed by atoms with van der Waals surface area (Å²) in [5.41, 5.74) is 1.50. The van der Waals surface area contributed by atoms with Crippen LogP contribution in [0.5, 0.6) is 17.2 Å². The van der Waals surface area contributed by atoms with Gasteiger partial charge in [-0.05, 0) is 66.1 Å². The summed E-state index contributed by atoms with van der Waals surface area (Å²) in [6, 6.07) is 0.992. The highest BCUT2D eigenvalue weighted by Crippen LogP contribution is 2.66. The van der Waals surface area contributed by atoms with Crippen LogP contribution in [-0.4, -0.2) is 59.4 Å². The maximum absolute atomic E-state index is 15.1. The van der Waals surface area contributed by atoms with Crippen molar-refractivity contribution >= 4 is 11.9 Å². The molecule has 0 bridgehead atoms. The van der Waals surface area contributed by atoms with Crippen molar-refractivity contribution in [3.05, 3.63) is 78.4 Å². The van der Waals surface area contributed by atoms with Crippen LogP contribution < -0.4 is 14.2 Å². The fourth-order valence-electron chi connectivity index (χ4n) is 4.73. The first kappa shape index (κ1) is 38.3. The van der Waals surface area contributed by atoms with E-state index in [9.17, 15) is 57.9 Å². The van der Waals surface area contributed by atoms with Gasteiger partial charge in [-0.1, -0.05) is 50.5 Å². The first-order chi connectivity index (χ1) is 23.1. The molecule has 1 heterocycles. The quantitative estimate of drug-likeness (QED) is 0.0609. The number of ether oxygens (including phenoxy) is 3. The van der Waals surface area contributed by atoms with E-state index in [0.29, 0.717) is 30.1 Å². The van der Waals surface area contributed by atoms with E-state index >= 15 is 4.39 Å². The third-order valence-electron chi connectivity index (χ3n) is 7.49. The Morgan fingerprint density at radius 1 is 0.620 bits per heavy atom. The summed E-state index contributed by atoms with van der Waals surface area (Å²) in [6.45, 7) is 2.68. The molecule has 1 aliphatic heterocycles. The van der Waals surface area contributed by atoms with E-state index in [1.54, 1.807) is 36.4 Å². The number of hydrogen-bond donors (Lipinski definition) is 0. The van der Waals surface area contributed by atoms with Crippen LogP contribution in [0.3, 0.4) is 0 Å². The fraction of sp³-hybridized carbons (Fsp3) is 0.375. The number of alkyl halides is 12. The molecule has 1 aliphatic rings. The number of hydrogen-bond acceptors (Lipinski definition) is 6. The van der Waals surface area contributed by atoms with E-state index in [1.165, 1.54) is 12.1 Å². The predicted molar refractivity (Wildman–Crippen MR) is 150 cm³/mol. The van der Waals surface area contributed by atoms with Crippen LogP contribution in [0.1, 0.15) is 43.0 Å². The van der Waals surface area contributed by atoms with Crippen LogP contribution in [0.2, 0.25) is 0 Å². The number of carbonyl (C=O) groups excluding carboxylic acids is 2. The first-order valence-corrected chi connectivity index (χ1v) is 14.6. The lowest BCUT2D eigenvalue weighted by molar-refractivity contribution is -0.382. The molecular weight excluding hydrogens is 706 g/mol. The molecule has 272 valence electrons. The molecule has 3 aromatic carbocycles. The Morgan fingerprint density at radius 3 is 1.52 bits per heavy atom. The second kappa shape index (κ2) is 13.7. The zero-order valence-corrected chi connectivity index (χ0v) is 25.5. The Labute approximate surface area is 275 Å². The van der Waals surface area contributed by atoms with Gasteiger partial charge in [0.1, 0.15) is 17.2 Å². The molecule has 0 aliphatic carbocycles. The lowest BCUT2D eigenvalue weighted by Crippen LogP contribution is -2.70. The van der Waals surface area contributed by atoms with E-state index in [1.807, 2.05) is 0 Å². The highest BCUT2D eigenvalue weighted by molar-refractivity contribution is 5.91. The molecule has 1 fully saturated rings. The first-order valence-electron chi connectivity index (χ1n) is 14.6. The summed E-state index contributed by atoms with van der Waals surface area (Å²) in [5, 5.41) is 0. The molecule has 6 nitrogen and oxygen atoms in total. The van der Waals surface area contributed by atoms with Gasteiger partial charge < -0.3 is 14.2 Å². The SMILES string of the molecule is CCCCCCOc1ccc(-c2ccc(C(=O)Oc3ccc(OC(=O)C(F)(N4C(F)(F)C(F)(F)C(F)(F)C4(F)F)C(F)(F)F)cc3)cc2)cc1. The van der Waals surface area contributed by atoms with E-state index in [2.05, 4.69) is 11.7 Å². The number of rotatable bonds is 12. The topological polar surface area (TPSA) is 65.1 Å². The largest absolute Gasteiger partial charge is 0.494 e. The van der Waals surface area contributed by atoms with Crippen molar-refractivity contribution in [1.29, 1.82) is 0 Å². The van der Waals surface area contributed by atoms with Crippen LogP contribution >= 0.6 is 0 Å². The minimum absolute atomic E-state index is 0.00440. The number of likely N-dealkylation sites (tertiary alicyclic amines) is 1. The molecule has 0 N–H and O–H groups in total. The monoisotopic (exact) mass is 731 g/mol. The number of benzene rings is 3. The maximum atomic E-state index is 15.1. The molecule has 0 radical (unpaired) electrons. The Morgan fingerprint density at radius 2 is 1.06 bits per heavy atom. The van der Waals surface area contributed by atoms with Crippen LogP contribution in [0.4, 0.5) is 52.7 Å². The third kappa shape index (κ3) is 6.68. The Balaban J connectivity index is 1.43. The predicted octanol–water partition coefficient (Wildman–Crippen LogP) is 9.44. The lowest BCUT2D eigenvalue weighted by Gasteiger charge is -2.38. The molecular formula is C32H25F12NO5. The molecule has 1 atom stereocenters. The van der Waals surface area contributed by atoms with Crippen LogP contribution in [0.25, 0.3) is 11.1 Å². The molecule has 1 unspecified atom stereocenters. The molecule has 1 saturated heterocycles. The minimum Gasteiger partial charge on any atom is -0.494 e. The van der Waals surface area contributed by atoms with Gasteiger partial charge in [-0.15, -0.1) is 4.90 Å². The summed E-state index contributed by atoms with van der Waals surface area (Å²) >= 11 is 0. The summed E-state index contributed by atoms with van der Waals surface area (Å²) in [6.07, 6.45) is -3.03. The smallest absolute Gasteiger partial charge is 0.448 e. The second-order valence-corrected chi connectivity index (χ2v) is 10.9. The van der Waals surface area contributed by atoms with Gasteiger partial charge in [-0.3, -0.25) is 0 Å². The molecule has 18 heteroatoms. The van der Waals surface area contributed by atoms with Gasteiger partial charge in [0.2, 0.25) is 0 Å². The van der Waals surface area contributed by atoms with Crippen LogP contribution in [0.15, 0.2) is 72.8 Å². The summed E-state index contributed by atoms with van der Waals surface area (Å²) in [5.74, 6) is -27.1. The van der Waals surface area contributed by atoms with Gasteiger partial charge in [0, 0.05) is 0 Å². The molecule has 50 heavy (non-hydrogen) atoms. The Bertz CT molecular complexity index is 1640.